The molecule has 3 aromatic rings. The standard InChI is InChI=1S/C22H19FO4/c1-13-17(11-21(24)25)10-15-6-7-18(23)12-20(15)19(13)9-14-4-3-5-16(8-14)22(26)27-2/h3-8,10,12H,9,11H2,1-2H3,(H,24,25). The van der Waals surface area contributed by atoms with E-state index in [4.69, 9.17) is 4.74 Å². The summed E-state index contributed by atoms with van der Waals surface area (Å²) < 4.78 is 18.6. The molecule has 0 saturated heterocycles. The van der Waals surface area contributed by atoms with Gasteiger partial charge in [-0.3, -0.25) is 4.79 Å². The van der Waals surface area contributed by atoms with Crippen molar-refractivity contribution in [1.29, 1.82) is 0 Å². The van der Waals surface area contributed by atoms with Gasteiger partial charge in [0.15, 0.2) is 0 Å². The topological polar surface area (TPSA) is 63.6 Å². The van der Waals surface area contributed by atoms with Crippen molar-refractivity contribution in [1.82, 2.24) is 0 Å². The summed E-state index contributed by atoms with van der Waals surface area (Å²) in [5, 5.41) is 10.7. The molecule has 0 fully saturated rings. The number of aliphatic carboxylic acids is 1. The molecule has 0 radical (unpaired) electrons. The van der Waals surface area contributed by atoms with Crippen molar-refractivity contribution in [3.05, 3.63) is 82.2 Å². The molecule has 3 aromatic carbocycles. The molecule has 0 heterocycles. The van der Waals surface area contributed by atoms with E-state index >= 15 is 0 Å². The lowest BCUT2D eigenvalue weighted by Crippen LogP contribution is -2.06. The van der Waals surface area contributed by atoms with Gasteiger partial charge in [0, 0.05) is 0 Å². The van der Waals surface area contributed by atoms with E-state index in [9.17, 15) is 19.1 Å². The quantitative estimate of drug-likeness (QED) is 0.684. The third-order valence-electron chi connectivity index (χ3n) is 4.68. The minimum Gasteiger partial charge on any atom is -0.481 e. The molecule has 4 nitrogen and oxygen atoms in total. The summed E-state index contributed by atoms with van der Waals surface area (Å²) in [6.45, 7) is 1.85. The Morgan fingerprint density at radius 2 is 1.89 bits per heavy atom. The summed E-state index contributed by atoms with van der Waals surface area (Å²) in [6.07, 6.45) is 0.346. The van der Waals surface area contributed by atoms with Crippen molar-refractivity contribution < 1.29 is 23.8 Å². The SMILES string of the molecule is COC(=O)c1cccc(Cc2c(C)c(CC(=O)O)cc3ccc(F)cc23)c1. The molecule has 27 heavy (non-hydrogen) atoms. The molecule has 0 aliphatic carbocycles. The number of benzene rings is 3. The molecular weight excluding hydrogens is 347 g/mol. The Bertz CT molecular complexity index is 1040. The van der Waals surface area contributed by atoms with E-state index in [1.807, 2.05) is 13.0 Å². The maximum Gasteiger partial charge on any atom is 0.337 e. The van der Waals surface area contributed by atoms with E-state index in [-0.39, 0.29) is 12.2 Å². The molecule has 0 spiro atoms. The number of fused-ring (bicyclic) bond motifs is 1. The Hall–Kier alpha value is -3.21. The average Bonchev–Trinajstić information content (AvgIpc) is 2.64. The second-order valence-corrected chi connectivity index (χ2v) is 6.44. The first-order valence-electron chi connectivity index (χ1n) is 8.48. The predicted octanol–water partition coefficient (Wildman–Crippen LogP) is 4.29. The van der Waals surface area contributed by atoms with Crippen LogP contribution < -0.4 is 0 Å². The second kappa shape index (κ2) is 7.58. The van der Waals surface area contributed by atoms with Gasteiger partial charge in [-0.2, -0.15) is 0 Å². The van der Waals surface area contributed by atoms with Gasteiger partial charge in [-0.25, -0.2) is 9.18 Å². The van der Waals surface area contributed by atoms with Crippen molar-refractivity contribution >= 4 is 22.7 Å². The monoisotopic (exact) mass is 366 g/mol. The van der Waals surface area contributed by atoms with Gasteiger partial charge in [-0.05, 0) is 70.6 Å². The lowest BCUT2D eigenvalue weighted by Gasteiger charge is -2.15. The molecule has 0 unspecified atom stereocenters. The van der Waals surface area contributed by atoms with Gasteiger partial charge < -0.3 is 9.84 Å². The molecule has 0 aliphatic rings. The van der Waals surface area contributed by atoms with Crippen molar-refractivity contribution in [2.24, 2.45) is 0 Å². The summed E-state index contributed by atoms with van der Waals surface area (Å²) in [6, 6.07) is 13.3. The number of carboxylic acid groups (broad SMARTS) is 1. The zero-order valence-electron chi connectivity index (χ0n) is 15.1. The van der Waals surface area contributed by atoms with Crippen molar-refractivity contribution in [3.8, 4) is 0 Å². The van der Waals surface area contributed by atoms with Crippen LogP contribution in [0.2, 0.25) is 0 Å². The van der Waals surface area contributed by atoms with Crippen LogP contribution >= 0.6 is 0 Å². The highest BCUT2D eigenvalue weighted by atomic mass is 19.1. The number of hydrogen-bond donors (Lipinski definition) is 1. The Morgan fingerprint density at radius 3 is 2.59 bits per heavy atom. The third-order valence-corrected chi connectivity index (χ3v) is 4.68. The fraction of sp³-hybridized carbons (Fsp3) is 0.182. The fourth-order valence-corrected chi connectivity index (χ4v) is 3.31. The van der Waals surface area contributed by atoms with Gasteiger partial charge in [0.25, 0.3) is 0 Å². The molecule has 3 rings (SSSR count). The largest absolute Gasteiger partial charge is 0.481 e. The maximum atomic E-state index is 13.9. The maximum absolute atomic E-state index is 13.9. The number of esters is 1. The normalized spacial score (nSPS) is 10.8. The van der Waals surface area contributed by atoms with E-state index in [1.54, 1.807) is 30.3 Å². The Morgan fingerprint density at radius 1 is 1.11 bits per heavy atom. The van der Waals surface area contributed by atoms with Crippen LogP contribution in [0, 0.1) is 12.7 Å². The molecule has 0 atom stereocenters. The van der Waals surface area contributed by atoms with E-state index in [0.717, 1.165) is 27.5 Å². The van der Waals surface area contributed by atoms with Gasteiger partial charge in [0.2, 0.25) is 0 Å². The fourth-order valence-electron chi connectivity index (χ4n) is 3.31. The van der Waals surface area contributed by atoms with E-state index in [2.05, 4.69) is 0 Å². The van der Waals surface area contributed by atoms with Gasteiger partial charge >= 0.3 is 11.9 Å². The van der Waals surface area contributed by atoms with Crippen LogP contribution in [0.1, 0.15) is 32.6 Å². The number of carboxylic acids is 1. The molecule has 138 valence electrons. The first-order chi connectivity index (χ1) is 12.9. The summed E-state index contributed by atoms with van der Waals surface area (Å²) >= 11 is 0. The van der Waals surface area contributed by atoms with E-state index in [0.29, 0.717) is 17.5 Å². The number of halogens is 1. The number of rotatable bonds is 5. The molecule has 0 bridgehead atoms. The number of carbonyl (C=O) groups excluding carboxylic acids is 1. The molecule has 0 saturated carbocycles. The molecule has 0 aromatic heterocycles. The summed E-state index contributed by atoms with van der Waals surface area (Å²) in [4.78, 5) is 23.0. The van der Waals surface area contributed by atoms with Gasteiger partial charge in [0.05, 0.1) is 19.1 Å². The highest BCUT2D eigenvalue weighted by Crippen LogP contribution is 2.29. The summed E-state index contributed by atoms with van der Waals surface area (Å²) in [5.74, 6) is -1.69. The minimum atomic E-state index is -0.918. The summed E-state index contributed by atoms with van der Waals surface area (Å²) in [5.41, 5.74) is 3.66. The zero-order valence-corrected chi connectivity index (χ0v) is 15.1. The zero-order chi connectivity index (χ0) is 19.6. The van der Waals surface area contributed by atoms with Crippen molar-refractivity contribution in [3.63, 3.8) is 0 Å². The van der Waals surface area contributed by atoms with E-state index < -0.39 is 11.9 Å². The number of hydrogen-bond acceptors (Lipinski definition) is 3. The van der Waals surface area contributed by atoms with Crippen molar-refractivity contribution in [2.75, 3.05) is 7.11 Å². The lowest BCUT2D eigenvalue weighted by atomic mass is 9.89. The average molecular weight is 366 g/mol. The van der Waals surface area contributed by atoms with Gasteiger partial charge in [-0.15, -0.1) is 0 Å². The molecule has 0 aliphatic heterocycles. The molecule has 0 amide bonds. The number of ether oxygens (including phenoxy) is 1. The molecule has 5 heteroatoms. The third kappa shape index (κ3) is 3.97. The number of methoxy groups -OCH3 is 1. The van der Waals surface area contributed by atoms with Crippen molar-refractivity contribution in [2.45, 2.75) is 19.8 Å². The van der Waals surface area contributed by atoms with Crippen LogP contribution in [0.25, 0.3) is 10.8 Å². The van der Waals surface area contributed by atoms with Crippen LogP contribution in [0.5, 0.6) is 0 Å². The summed E-state index contributed by atoms with van der Waals surface area (Å²) in [7, 11) is 1.32. The van der Waals surface area contributed by atoms with Crippen LogP contribution in [0.15, 0.2) is 48.5 Å². The second-order valence-electron chi connectivity index (χ2n) is 6.44. The number of carbonyl (C=O) groups is 2. The highest BCUT2D eigenvalue weighted by molar-refractivity contribution is 5.90. The molecular formula is C22H19FO4. The van der Waals surface area contributed by atoms with Crippen LogP contribution in [-0.2, 0) is 22.4 Å². The Kier molecular flexibility index (Phi) is 5.21. The Labute approximate surface area is 156 Å². The van der Waals surface area contributed by atoms with Crippen LogP contribution in [0.3, 0.4) is 0 Å². The minimum absolute atomic E-state index is 0.103. The van der Waals surface area contributed by atoms with Crippen LogP contribution in [0.4, 0.5) is 4.39 Å². The lowest BCUT2D eigenvalue weighted by molar-refractivity contribution is -0.136. The molecule has 1 N–H and O–H groups in total. The first kappa shape index (κ1) is 18.6. The smallest absolute Gasteiger partial charge is 0.337 e. The van der Waals surface area contributed by atoms with Crippen LogP contribution in [-0.4, -0.2) is 24.2 Å². The Balaban J connectivity index is 2.14. The predicted molar refractivity (Wildman–Crippen MR) is 101 cm³/mol. The van der Waals surface area contributed by atoms with Gasteiger partial charge in [0.1, 0.15) is 5.82 Å². The first-order valence-corrected chi connectivity index (χ1v) is 8.48. The van der Waals surface area contributed by atoms with Gasteiger partial charge in [-0.1, -0.05) is 24.3 Å². The van der Waals surface area contributed by atoms with E-state index in [1.165, 1.54) is 19.2 Å². The highest BCUT2D eigenvalue weighted by Gasteiger charge is 2.15.